The molecule has 1 heterocycles. The van der Waals surface area contributed by atoms with Crippen molar-refractivity contribution in [2.75, 3.05) is 14.1 Å². The van der Waals surface area contributed by atoms with Gasteiger partial charge in [-0.1, -0.05) is 18.2 Å². The van der Waals surface area contributed by atoms with Crippen molar-refractivity contribution < 1.29 is 13.2 Å². The quantitative estimate of drug-likeness (QED) is 0.406. The van der Waals surface area contributed by atoms with Crippen LogP contribution in [0.25, 0.3) is 0 Å². The van der Waals surface area contributed by atoms with Crippen LogP contribution in [0.5, 0.6) is 0 Å². The summed E-state index contributed by atoms with van der Waals surface area (Å²) in [4.78, 5) is 10.4. The van der Waals surface area contributed by atoms with Gasteiger partial charge in [-0.05, 0) is 36.2 Å². The summed E-state index contributed by atoms with van der Waals surface area (Å²) in [5.74, 6) is 0.643. The van der Waals surface area contributed by atoms with Crippen molar-refractivity contribution in [2.45, 2.75) is 26.2 Å². The molecule has 0 unspecified atom stereocenters. The Morgan fingerprint density at radius 3 is 2.38 bits per heavy atom. The molecule has 0 saturated heterocycles. The Bertz CT molecular complexity index is 730. The third kappa shape index (κ3) is 6.15. The van der Waals surface area contributed by atoms with Crippen molar-refractivity contribution in [3.05, 3.63) is 65.0 Å². The number of nitrogens with zero attached hydrogens (tertiary/aromatic N) is 3. The first-order valence-electron chi connectivity index (χ1n) is 7.79. The molecule has 1 aromatic heterocycles. The number of pyridine rings is 1. The molecule has 0 aliphatic rings. The van der Waals surface area contributed by atoms with Crippen LogP contribution in [0.1, 0.15) is 22.4 Å². The van der Waals surface area contributed by atoms with Gasteiger partial charge in [-0.25, -0.2) is 0 Å². The van der Waals surface area contributed by atoms with Crippen LogP contribution in [0.15, 0.2) is 47.6 Å². The minimum absolute atomic E-state index is 0. The van der Waals surface area contributed by atoms with Crippen molar-refractivity contribution in [3.63, 3.8) is 0 Å². The molecule has 0 atom stereocenters. The van der Waals surface area contributed by atoms with Gasteiger partial charge in [0.1, 0.15) is 0 Å². The fourth-order valence-corrected chi connectivity index (χ4v) is 2.40. The number of guanidine groups is 1. The summed E-state index contributed by atoms with van der Waals surface area (Å²) in [5, 5.41) is 3.22. The second kappa shape index (κ2) is 9.75. The third-order valence-corrected chi connectivity index (χ3v) is 3.81. The Morgan fingerprint density at radius 1 is 1.19 bits per heavy atom. The van der Waals surface area contributed by atoms with Crippen LogP contribution in [0.2, 0.25) is 0 Å². The molecule has 1 aromatic carbocycles. The largest absolute Gasteiger partial charge is 0.416 e. The number of hydrogen-bond donors (Lipinski definition) is 1. The van der Waals surface area contributed by atoms with Crippen molar-refractivity contribution in [1.82, 2.24) is 15.2 Å². The summed E-state index contributed by atoms with van der Waals surface area (Å²) in [6.45, 7) is 2.95. The smallest absolute Gasteiger partial charge is 0.351 e. The van der Waals surface area contributed by atoms with Crippen LogP contribution in [0.3, 0.4) is 0 Å². The highest BCUT2D eigenvalue weighted by Gasteiger charge is 2.29. The molecule has 0 radical (unpaired) electrons. The van der Waals surface area contributed by atoms with E-state index in [0.29, 0.717) is 19.0 Å². The number of aliphatic imine (C=N–C) groups is 1. The van der Waals surface area contributed by atoms with Crippen molar-refractivity contribution in [3.8, 4) is 0 Å². The van der Waals surface area contributed by atoms with Crippen molar-refractivity contribution in [1.29, 1.82) is 0 Å². The Hall–Kier alpha value is -1.84. The fourth-order valence-electron chi connectivity index (χ4n) is 2.40. The molecule has 26 heavy (non-hydrogen) atoms. The number of aromatic nitrogens is 1. The minimum atomic E-state index is -4.32. The Balaban J connectivity index is 0.00000338. The lowest BCUT2D eigenvalue weighted by Crippen LogP contribution is -2.38. The van der Waals surface area contributed by atoms with Crippen LogP contribution in [-0.4, -0.2) is 29.9 Å². The molecule has 2 rings (SSSR count). The Labute approximate surface area is 168 Å². The first kappa shape index (κ1) is 22.2. The lowest BCUT2D eigenvalue weighted by atomic mass is 10.1. The van der Waals surface area contributed by atoms with E-state index in [9.17, 15) is 13.2 Å². The van der Waals surface area contributed by atoms with E-state index in [-0.39, 0.29) is 24.0 Å². The van der Waals surface area contributed by atoms with Gasteiger partial charge in [-0.15, -0.1) is 24.0 Å². The number of rotatable bonds is 4. The second-order valence-electron chi connectivity index (χ2n) is 5.72. The van der Waals surface area contributed by atoms with Gasteiger partial charge in [0.25, 0.3) is 0 Å². The predicted octanol–water partition coefficient (Wildman–Crippen LogP) is 4.23. The SMILES string of the molecule is CN=C(NCc1ncccc1C)N(C)Cc1ccc(C(F)(F)F)cc1.I. The molecular formula is C18H22F3IN4. The van der Waals surface area contributed by atoms with E-state index in [1.54, 1.807) is 13.2 Å². The maximum absolute atomic E-state index is 12.6. The van der Waals surface area contributed by atoms with Gasteiger partial charge in [0, 0.05) is 26.8 Å². The average Bonchev–Trinajstić information content (AvgIpc) is 2.56. The standard InChI is InChI=1S/C18H21F3N4.HI/c1-13-5-4-10-23-16(13)11-24-17(22-2)25(3)12-14-6-8-15(9-7-14)18(19,20)21;/h4-10H,11-12H2,1-3H3,(H,22,24);1H. The van der Waals surface area contributed by atoms with E-state index in [1.807, 2.05) is 31.0 Å². The maximum Gasteiger partial charge on any atom is 0.416 e. The molecule has 0 aliphatic carbocycles. The van der Waals surface area contributed by atoms with Crippen LogP contribution >= 0.6 is 24.0 Å². The zero-order valence-corrected chi connectivity index (χ0v) is 17.2. The predicted molar refractivity (Wildman–Crippen MR) is 107 cm³/mol. The van der Waals surface area contributed by atoms with Gasteiger partial charge in [0.2, 0.25) is 0 Å². The molecule has 0 amide bonds. The Kier molecular flexibility index (Phi) is 8.32. The summed E-state index contributed by atoms with van der Waals surface area (Å²) >= 11 is 0. The van der Waals surface area contributed by atoms with E-state index < -0.39 is 11.7 Å². The summed E-state index contributed by atoms with van der Waals surface area (Å²) in [6.07, 6.45) is -2.58. The molecule has 1 N–H and O–H groups in total. The monoisotopic (exact) mass is 478 g/mol. The maximum atomic E-state index is 12.6. The van der Waals surface area contributed by atoms with E-state index in [2.05, 4.69) is 15.3 Å². The number of aryl methyl sites for hydroxylation is 1. The summed E-state index contributed by atoms with van der Waals surface area (Å²) in [7, 11) is 3.50. The molecule has 0 bridgehead atoms. The summed E-state index contributed by atoms with van der Waals surface area (Å²) in [5.41, 5.74) is 2.13. The molecule has 0 fully saturated rings. The highest BCUT2D eigenvalue weighted by Crippen LogP contribution is 2.29. The van der Waals surface area contributed by atoms with E-state index >= 15 is 0 Å². The van der Waals surface area contributed by atoms with E-state index in [1.165, 1.54) is 12.1 Å². The molecule has 8 heteroatoms. The number of nitrogens with one attached hydrogen (secondary N) is 1. The normalized spacial score (nSPS) is 11.7. The van der Waals surface area contributed by atoms with Gasteiger partial charge in [-0.3, -0.25) is 9.98 Å². The zero-order chi connectivity index (χ0) is 18.4. The van der Waals surface area contributed by atoms with Crippen LogP contribution in [0.4, 0.5) is 13.2 Å². The number of hydrogen-bond acceptors (Lipinski definition) is 2. The Morgan fingerprint density at radius 2 is 1.85 bits per heavy atom. The molecule has 142 valence electrons. The molecule has 2 aromatic rings. The van der Waals surface area contributed by atoms with Crippen LogP contribution in [0, 0.1) is 6.92 Å². The van der Waals surface area contributed by atoms with Crippen molar-refractivity contribution in [2.24, 2.45) is 4.99 Å². The zero-order valence-electron chi connectivity index (χ0n) is 14.8. The van der Waals surface area contributed by atoms with Crippen molar-refractivity contribution >= 4 is 29.9 Å². The highest BCUT2D eigenvalue weighted by atomic mass is 127. The number of halogens is 4. The molecule has 0 aliphatic heterocycles. The summed E-state index contributed by atoms with van der Waals surface area (Å²) in [6, 6.07) is 9.02. The lowest BCUT2D eigenvalue weighted by molar-refractivity contribution is -0.137. The molecule has 0 saturated carbocycles. The van der Waals surface area contributed by atoms with E-state index in [4.69, 9.17) is 0 Å². The van der Waals surface area contributed by atoms with Gasteiger partial charge < -0.3 is 10.2 Å². The van der Waals surface area contributed by atoms with Crippen LogP contribution < -0.4 is 5.32 Å². The lowest BCUT2D eigenvalue weighted by Gasteiger charge is -2.22. The highest BCUT2D eigenvalue weighted by molar-refractivity contribution is 14.0. The minimum Gasteiger partial charge on any atom is -0.351 e. The van der Waals surface area contributed by atoms with Gasteiger partial charge in [0.15, 0.2) is 5.96 Å². The topological polar surface area (TPSA) is 40.5 Å². The molecule has 0 spiro atoms. The number of alkyl halides is 3. The molecular weight excluding hydrogens is 456 g/mol. The van der Waals surface area contributed by atoms with E-state index in [0.717, 1.165) is 29.0 Å². The fraction of sp³-hybridized carbons (Fsp3) is 0.333. The van der Waals surface area contributed by atoms with Gasteiger partial charge in [0.05, 0.1) is 17.8 Å². The van der Waals surface area contributed by atoms with Gasteiger partial charge in [-0.2, -0.15) is 13.2 Å². The first-order chi connectivity index (χ1) is 11.8. The van der Waals surface area contributed by atoms with Crippen LogP contribution in [-0.2, 0) is 19.3 Å². The second-order valence-corrected chi connectivity index (χ2v) is 5.72. The average molecular weight is 478 g/mol. The molecule has 4 nitrogen and oxygen atoms in total. The van der Waals surface area contributed by atoms with Gasteiger partial charge >= 0.3 is 6.18 Å². The first-order valence-corrected chi connectivity index (χ1v) is 7.79. The summed E-state index contributed by atoms with van der Waals surface area (Å²) < 4.78 is 37.8. The third-order valence-electron chi connectivity index (χ3n) is 3.81. The number of benzene rings is 1.